The van der Waals surface area contributed by atoms with Gasteiger partial charge < -0.3 is 5.32 Å². The van der Waals surface area contributed by atoms with Crippen molar-refractivity contribution >= 4 is 0 Å². The average molecular weight is 256 g/mol. The molecule has 0 amide bonds. The van der Waals surface area contributed by atoms with Crippen LogP contribution in [0.5, 0.6) is 0 Å². The van der Waals surface area contributed by atoms with Crippen molar-refractivity contribution in [2.45, 2.75) is 44.3 Å². The fourth-order valence-electron chi connectivity index (χ4n) is 3.37. The molecule has 1 saturated heterocycles. The first-order chi connectivity index (χ1) is 9.33. The molecule has 3 rings (SSSR count). The van der Waals surface area contributed by atoms with Crippen LogP contribution in [0.2, 0.25) is 0 Å². The summed E-state index contributed by atoms with van der Waals surface area (Å²) in [5.74, 6) is 0. The molecule has 1 heterocycles. The molecular weight excluding hydrogens is 232 g/mol. The molecule has 1 fully saturated rings. The molecule has 0 saturated carbocycles. The number of nitrogens with one attached hydrogen (secondary N) is 1. The molecule has 0 spiro atoms. The molecule has 1 aliphatic heterocycles. The van der Waals surface area contributed by atoms with E-state index >= 15 is 0 Å². The maximum atomic E-state index is 3.71. The summed E-state index contributed by atoms with van der Waals surface area (Å²) >= 11 is 0. The van der Waals surface area contributed by atoms with Gasteiger partial charge in [0.2, 0.25) is 0 Å². The molecule has 2 nitrogen and oxygen atoms in total. The minimum Gasteiger partial charge on any atom is -0.311 e. The Morgan fingerprint density at radius 2 is 1.89 bits per heavy atom. The van der Waals surface area contributed by atoms with Gasteiger partial charge in [0.25, 0.3) is 0 Å². The van der Waals surface area contributed by atoms with Gasteiger partial charge in [0.1, 0.15) is 0 Å². The van der Waals surface area contributed by atoms with Gasteiger partial charge >= 0.3 is 0 Å². The molecule has 1 aromatic carbocycles. The first-order valence-corrected chi connectivity index (χ1v) is 7.51. The second-order valence-corrected chi connectivity index (χ2v) is 5.94. The SMILES string of the molecule is CC1CNC(Cc2ccccc2)CN1C1CC=CC1. The molecule has 1 aliphatic carbocycles. The predicted octanol–water partition coefficient (Wildman–Crippen LogP) is 2.61. The number of piperazine rings is 1. The third-order valence-electron chi connectivity index (χ3n) is 4.48. The van der Waals surface area contributed by atoms with Gasteiger partial charge in [0.15, 0.2) is 0 Å². The Morgan fingerprint density at radius 1 is 1.16 bits per heavy atom. The summed E-state index contributed by atoms with van der Waals surface area (Å²) in [4.78, 5) is 2.71. The molecule has 1 aromatic rings. The van der Waals surface area contributed by atoms with Crippen molar-refractivity contribution < 1.29 is 0 Å². The molecule has 1 N–H and O–H groups in total. The second kappa shape index (κ2) is 5.89. The van der Waals surface area contributed by atoms with E-state index < -0.39 is 0 Å². The number of nitrogens with zero attached hydrogens (tertiary/aromatic N) is 1. The zero-order valence-electron chi connectivity index (χ0n) is 11.8. The fraction of sp³-hybridized carbons (Fsp3) is 0.529. The van der Waals surface area contributed by atoms with Crippen LogP contribution in [-0.4, -0.2) is 36.1 Å². The summed E-state index contributed by atoms with van der Waals surface area (Å²) < 4.78 is 0. The Bertz CT molecular complexity index is 418. The van der Waals surface area contributed by atoms with Gasteiger partial charge in [-0.25, -0.2) is 0 Å². The summed E-state index contributed by atoms with van der Waals surface area (Å²) in [6.45, 7) is 4.65. The van der Waals surface area contributed by atoms with E-state index in [1.165, 1.54) is 24.9 Å². The smallest absolute Gasteiger partial charge is 0.0236 e. The Kier molecular flexibility index (Phi) is 4.00. The average Bonchev–Trinajstić information content (AvgIpc) is 2.96. The van der Waals surface area contributed by atoms with Gasteiger partial charge in [0, 0.05) is 31.2 Å². The van der Waals surface area contributed by atoms with Gasteiger partial charge in [-0.2, -0.15) is 0 Å². The van der Waals surface area contributed by atoms with Gasteiger partial charge in [0.05, 0.1) is 0 Å². The number of hydrogen-bond acceptors (Lipinski definition) is 2. The highest BCUT2D eigenvalue weighted by Gasteiger charge is 2.30. The zero-order valence-corrected chi connectivity index (χ0v) is 11.8. The number of rotatable bonds is 3. The van der Waals surface area contributed by atoms with Crippen molar-refractivity contribution in [1.29, 1.82) is 0 Å². The van der Waals surface area contributed by atoms with E-state index in [1.807, 2.05) is 0 Å². The maximum absolute atomic E-state index is 3.71. The Labute approximate surface area is 116 Å². The quantitative estimate of drug-likeness (QED) is 0.836. The van der Waals surface area contributed by atoms with Crippen molar-refractivity contribution in [2.75, 3.05) is 13.1 Å². The van der Waals surface area contributed by atoms with Crippen LogP contribution < -0.4 is 5.32 Å². The largest absolute Gasteiger partial charge is 0.311 e. The van der Waals surface area contributed by atoms with E-state index in [2.05, 4.69) is 59.6 Å². The first kappa shape index (κ1) is 12.9. The second-order valence-electron chi connectivity index (χ2n) is 5.94. The van der Waals surface area contributed by atoms with E-state index in [0.717, 1.165) is 19.0 Å². The highest BCUT2D eigenvalue weighted by molar-refractivity contribution is 5.16. The summed E-state index contributed by atoms with van der Waals surface area (Å²) in [5.41, 5.74) is 1.44. The van der Waals surface area contributed by atoms with Crippen LogP contribution in [0.25, 0.3) is 0 Å². The molecular formula is C17H24N2. The van der Waals surface area contributed by atoms with Gasteiger partial charge in [-0.05, 0) is 31.7 Å². The number of benzene rings is 1. The molecule has 2 heteroatoms. The first-order valence-electron chi connectivity index (χ1n) is 7.51. The third-order valence-corrected chi connectivity index (χ3v) is 4.48. The molecule has 19 heavy (non-hydrogen) atoms. The van der Waals surface area contributed by atoms with Crippen molar-refractivity contribution in [3.05, 3.63) is 48.0 Å². The van der Waals surface area contributed by atoms with Crippen LogP contribution in [0.15, 0.2) is 42.5 Å². The molecule has 0 radical (unpaired) electrons. The van der Waals surface area contributed by atoms with Crippen molar-refractivity contribution in [1.82, 2.24) is 10.2 Å². The minimum atomic E-state index is 0.596. The van der Waals surface area contributed by atoms with Crippen molar-refractivity contribution in [3.8, 4) is 0 Å². The summed E-state index contributed by atoms with van der Waals surface area (Å²) in [6.07, 6.45) is 8.30. The van der Waals surface area contributed by atoms with Crippen LogP contribution in [0, 0.1) is 0 Å². The van der Waals surface area contributed by atoms with Crippen LogP contribution >= 0.6 is 0 Å². The highest BCUT2D eigenvalue weighted by atomic mass is 15.2. The van der Waals surface area contributed by atoms with E-state index in [-0.39, 0.29) is 0 Å². The Balaban J connectivity index is 1.61. The molecule has 0 bridgehead atoms. The van der Waals surface area contributed by atoms with E-state index in [1.54, 1.807) is 0 Å². The van der Waals surface area contributed by atoms with Gasteiger partial charge in [-0.15, -0.1) is 0 Å². The lowest BCUT2D eigenvalue weighted by Crippen LogP contribution is -2.58. The Hall–Kier alpha value is -1.12. The molecule has 102 valence electrons. The predicted molar refractivity (Wildman–Crippen MR) is 80.3 cm³/mol. The standard InChI is InChI=1S/C17H24N2/c1-14-12-18-16(11-15-7-3-2-4-8-15)13-19(14)17-9-5-6-10-17/h2-8,14,16-18H,9-13H2,1H3. The van der Waals surface area contributed by atoms with Crippen molar-refractivity contribution in [2.24, 2.45) is 0 Å². The van der Waals surface area contributed by atoms with Crippen LogP contribution in [0.3, 0.4) is 0 Å². The lowest BCUT2D eigenvalue weighted by Gasteiger charge is -2.42. The lowest BCUT2D eigenvalue weighted by atomic mass is 10.00. The van der Waals surface area contributed by atoms with Gasteiger partial charge in [-0.3, -0.25) is 4.90 Å². The van der Waals surface area contributed by atoms with E-state index in [4.69, 9.17) is 0 Å². The van der Waals surface area contributed by atoms with Crippen LogP contribution in [-0.2, 0) is 6.42 Å². The summed E-state index contributed by atoms with van der Waals surface area (Å²) in [6, 6.07) is 12.9. The summed E-state index contributed by atoms with van der Waals surface area (Å²) in [7, 11) is 0. The van der Waals surface area contributed by atoms with Crippen LogP contribution in [0.1, 0.15) is 25.3 Å². The molecule has 2 atom stereocenters. The zero-order chi connectivity index (χ0) is 13.1. The lowest BCUT2D eigenvalue weighted by molar-refractivity contribution is 0.0958. The highest BCUT2D eigenvalue weighted by Crippen LogP contribution is 2.22. The third kappa shape index (κ3) is 3.07. The maximum Gasteiger partial charge on any atom is 0.0236 e. The monoisotopic (exact) mass is 256 g/mol. The minimum absolute atomic E-state index is 0.596. The van der Waals surface area contributed by atoms with E-state index in [9.17, 15) is 0 Å². The molecule has 0 aromatic heterocycles. The van der Waals surface area contributed by atoms with E-state index in [0.29, 0.717) is 12.1 Å². The Morgan fingerprint density at radius 3 is 2.63 bits per heavy atom. The van der Waals surface area contributed by atoms with Gasteiger partial charge in [-0.1, -0.05) is 42.5 Å². The normalized spacial score (nSPS) is 28.9. The van der Waals surface area contributed by atoms with Crippen LogP contribution in [0.4, 0.5) is 0 Å². The summed E-state index contributed by atoms with van der Waals surface area (Å²) in [5, 5.41) is 3.71. The van der Waals surface area contributed by atoms with Crippen molar-refractivity contribution in [3.63, 3.8) is 0 Å². The number of hydrogen-bond donors (Lipinski definition) is 1. The fourth-order valence-corrected chi connectivity index (χ4v) is 3.37. The molecule has 2 unspecified atom stereocenters. The molecule has 2 aliphatic rings. The topological polar surface area (TPSA) is 15.3 Å².